The molecule has 0 aliphatic rings. The second kappa shape index (κ2) is 6.12. The van der Waals surface area contributed by atoms with Gasteiger partial charge in [-0.05, 0) is 30.2 Å². The minimum absolute atomic E-state index is 0.152. The summed E-state index contributed by atoms with van der Waals surface area (Å²) in [6.07, 6.45) is 0.749. The molecule has 0 fully saturated rings. The van der Waals surface area contributed by atoms with Crippen molar-refractivity contribution in [3.63, 3.8) is 0 Å². The normalized spacial score (nSPS) is 12.2. The van der Waals surface area contributed by atoms with Crippen molar-refractivity contribution in [2.75, 3.05) is 7.11 Å². The molecule has 1 nitrogen and oxygen atoms in total. The van der Waals surface area contributed by atoms with E-state index >= 15 is 0 Å². The summed E-state index contributed by atoms with van der Waals surface area (Å²) >= 11 is 12.5. The lowest BCUT2D eigenvalue weighted by Crippen LogP contribution is -1.99. The van der Waals surface area contributed by atoms with Crippen LogP contribution in [0.5, 0.6) is 5.75 Å². The third kappa shape index (κ3) is 3.18. The maximum atomic E-state index is 6.46. The van der Waals surface area contributed by atoms with E-state index in [9.17, 15) is 0 Å². The summed E-state index contributed by atoms with van der Waals surface area (Å²) in [5.41, 5.74) is 2.12. The lowest BCUT2D eigenvalue weighted by Gasteiger charge is -2.14. The van der Waals surface area contributed by atoms with Gasteiger partial charge in [0.2, 0.25) is 0 Å². The topological polar surface area (TPSA) is 9.23 Å². The van der Waals surface area contributed by atoms with Gasteiger partial charge in [0.1, 0.15) is 5.75 Å². The Morgan fingerprint density at radius 2 is 1.83 bits per heavy atom. The Morgan fingerprint density at radius 1 is 1.11 bits per heavy atom. The van der Waals surface area contributed by atoms with E-state index < -0.39 is 0 Å². The summed E-state index contributed by atoms with van der Waals surface area (Å²) in [5, 5.41) is 0.519. The molecule has 0 bridgehead atoms. The van der Waals surface area contributed by atoms with Crippen molar-refractivity contribution < 1.29 is 4.74 Å². The predicted molar refractivity (Wildman–Crippen MR) is 76.7 cm³/mol. The molecule has 0 N–H and O–H groups in total. The van der Waals surface area contributed by atoms with Crippen molar-refractivity contribution in [1.29, 1.82) is 0 Å². The van der Waals surface area contributed by atoms with Crippen LogP contribution in [-0.4, -0.2) is 7.11 Å². The van der Waals surface area contributed by atoms with E-state index in [0.29, 0.717) is 5.02 Å². The van der Waals surface area contributed by atoms with Crippen LogP contribution in [0.3, 0.4) is 0 Å². The van der Waals surface area contributed by atoms with Gasteiger partial charge in [-0.15, -0.1) is 11.6 Å². The number of ether oxygens (including phenoxy) is 1. The molecule has 94 valence electrons. The maximum Gasteiger partial charge on any atom is 0.123 e. The Morgan fingerprint density at radius 3 is 2.50 bits per heavy atom. The SMILES string of the molecule is COc1ccc(Cl)cc1C(Cl)Cc1ccccc1. The molecule has 2 aromatic rings. The van der Waals surface area contributed by atoms with E-state index in [1.54, 1.807) is 13.2 Å². The average molecular weight is 281 g/mol. The molecule has 18 heavy (non-hydrogen) atoms. The van der Waals surface area contributed by atoms with E-state index in [0.717, 1.165) is 17.7 Å². The number of methoxy groups -OCH3 is 1. The predicted octanol–water partition coefficient (Wildman–Crippen LogP) is 4.87. The van der Waals surface area contributed by atoms with Gasteiger partial charge >= 0.3 is 0 Å². The zero-order chi connectivity index (χ0) is 13.0. The first-order valence-corrected chi connectivity index (χ1v) is 6.53. The summed E-state index contributed by atoms with van der Waals surface area (Å²) < 4.78 is 5.32. The summed E-state index contributed by atoms with van der Waals surface area (Å²) in [6, 6.07) is 15.6. The van der Waals surface area contributed by atoms with E-state index in [1.807, 2.05) is 30.3 Å². The summed E-state index contributed by atoms with van der Waals surface area (Å²) in [7, 11) is 1.64. The maximum absolute atomic E-state index is 6.46. The molecule has 0 spiro atoms. The van der Waals surface area contributed by atoms with Gasteiger partial charge in [0.05, 0.1) is 12.5 Å². The smallest absolute Gasteiger partial charge is 0.123 e. The second-order valence-electron chi connectivity index (χ2n) is 4.04. The van der Waals surface area contributed by atoms with Crippen molar-refractivity contribution in [2.45, 2.75) is 11.8 Å². The van der Waals surface area contributed by atoms with Crippen LogP contribution < -0.4 is 4.74 Å². The molecule has 2 rings (SSSR count). The Kier molecular flexibility index (Phi) is 4.51. The minimum atomic E-state index is -0.152. The standard InChI is InChI=1S/C15H14Cl2O/c1-18-15-8-7-12(16)10-13(15)14(17)9-11-5-3-2-4-6-11/h2-8,10,14H,9H2,1H3. The summed E-state index contributed by atoms with van der Waals surface area (Å²) in [5.74, 6) is 0.773. The quantitative estimate of drug-likeness (QED) is 0.726. The first-order valence-electron chi connectivity index (χ1n) is 5.72. The number of halogens is 2. The fourth-order valence-electron chi connectivity index (χ4n) is 1.88. The van der Waals surface area contributed by atoms with Crippen molar-refractivity contribution >= 4 is 23.2 Å². The van der Waals surface area contributed by atoms with Crippen LogP contribution >= 0.6 is 23.2 Å². The van der Waals surface area contributed by atoms with Crippen LogP contribution in [0.25, 0.3) is 0 Å². The van der Waals surface area contributed by atoms with E-state index in [1.165, 1.54) is 5.56 Å². The molecule has 0 heterocycles. The van der Waals surface area contributed by atoms with Gasteiger partial charge < -0.3 is 4.74 Å². The monoisotopic (exact) mass is 280 g/mol. The molecule has 3 heteroatoms. The molecule has 0 radical (unpaired) electrons. The molecule has 0 saturated carbocycles. The first-order chi connectivity index (χ1) is 8.70. The lowest BCUT2D eigenvalue weighted by atomic mass is 10.0. The zero-order valence-corrected chi connectivity index (χ0v) is 11.6. The third-order valence-electron chi connectivity index (χ3n) is 2.79. The van der Waals surface area contributed by atoms with Gasteiger partial charge in [-0.2, -0.15) is 0 Å². The number of hydrogen-bond acceptors (Lipinski definition) is 1. The van der Waals surface area contributed by atoms with E-state index in [4.69, 9.17) is 27.9 Å². The van der Waals surface area contributed by atoms with Gasteiger partial charge in [0.25, 0.3) is 0 Å². The van der Waals surface area contributed by atoms with Crippen LogP contribution in [-0.2, 0) is 6.42 Å². The van der Waals surface area contributed by atoms with Crippen molar-refractivity contribution in [1.82, 2.24) is 0 Å². The van der Waals surface area contributed by atoms with Crippen molar-refractivity contribution in [3.8, 4) is 5.75 Å². The van der Waals surface area contributed by atoms with E-state index in [-0.39, 0.29) is 5.38 Å². The van der Waals surface area contributed by atoms with Gasteiger partial charge in [-0.1, -0.05) is 41.9 Å². The average Bonchev–Trinajstić information content (AvgIpc) is 2.40. The third-order valence-corrected chi connectivity index (χ3v) is 3.41. The molecule has 0 amide bonds. The second-order valence-corrected chi connectivity index (χ2v) is 5.01. The number of hydrogen-bond donors (Lipinski definition) is 0. The summed E-state index contributed by atoms with van der Waals surface area (Å²) in [4.78, 5) is 0. The molecule has 1 unspecified atom stereocenters. The lowest BCUT2D eigenvalue weighted by molar-refractivity contribution is 0.409. The van der Waals surface area contributed by atoms with Crippen LogP contribution in [0, 0.1) is 0 Å². The van der Waals surface area contributed by atoms with Crippen LogP contribution in [0.15, 0.2) is 48.5 Å². The van der Waals surface area contributed by atoms with Gasteiger partial charge in [0, 0.05) is 10.6 Å². The molecule has 0 aromatic heterocycles. The van der Waals surface area contributed by atoms with Crippen LogP contribution in [0.1, 0.15) is 16.5 Å². The number of benzene rings is 2. The Hall–Kier alpha value is -1.18. The molecule has 0 aliphatic heterocycles. The minimum Gasteiger partial charge on any atom is -0.496 e. The van der Waals surface area contributed by atoms with Crippen LogP contribution in [0.2, 0.25) is 5.02 Å². The molecule has 1 atom stereocenters. The zero-order valence-electron chi connectivity index (χ0n) is 10.1. The Balaban J connectivity index is 2.23. The van der Waals surface area contributed by atoms with Gasteiger partial charge in [-0.25, -0.2) is 0 Å². The highest BCUT2D eigenvalue weighted by Crippen LogP contribution is 2.34. The van der Waals surface area contributed by atoms with Crippen molar-refractivity contribution in [2.24, 2.45) is 0 Å². The summed E-state index contributed by atoms with van der Waals surface area (Å²) in [6.45, 7) is 0. The van der Waals surface area contributed by atoms with Crippen LogP contribution in [0.4, 0.5) is 0 Å². The fourth-order valence-corrected chi connectivity index (χ4v) is 2.41. The Bertz CT molecular complexity index is 511. The van der Waals surface area contributed by atoms with Gasteiger partial charge in [-0.3, -0.25) is 0 Å². The molecule has 2 aromatic carbocycles. The molecular formula is C15H14Cl2O. The highest BCUT2D eigenvalue weighted by atomic mass is 35.5. The number of alkyl halides is 1. The highest BCUT2D eigenvalue weighted by Gasteiger charge is 2.14. The number of rotatable bonds is 4. The van der Waals surface area contributed by atoms with Crippen molar-refractivity contribution in [3.05, 3.63) is 64.7 Å². The fraction of sp³-hybridized carbons (Fsp3) is 0.200. The molecule has 0 saturated heterocycles. The molecule has 0 aliphatic carbocycles. The Labute approximate surface area is 117 Å². The molecular weight excluding hydrogens is 267 g/mol. The highest BCUT2D eigenvalue weighted by molar-refractivity contribution is 6.31. The van der Waals surface area contributed by atoms with Gasteiger partial charge in [0.15, 0.2) is 0 Å². The first kappa shape index (κ1) is 13.3. The largest absolute Gasteiger partial charge is 0.496 e. The van der Waals surface area contributed by atoms with E-state index in [2.05, 4.69) is 12.1 Å².